The van der Waals surface area contributed by atoms with Gasteiger partial charge in [-0.2, -0.15) is 0 Å². The second-order valence-electron chi connectivity index (χ2n) is 11.3. The number of hydrogen-bond acceptors (Lipinski definition) is 5. The Hall–Kier alpha value is -4.33. The molecule has 0 radical (unpaired) electrons. The number of anilines is 2. The number of nitrogens with one attached hydrogen (secondary N) is 2. The molecule has 1 unspecified atom stereocenters. The summed E-state index contributed by atoms with van der Waals surface area (Å²) in [5.41, 5.74) is 4.17. The summed E-state index contributed by atoms with van der Waals surface area (Å²) >= 11 is 0. The van der Waals surface area contributed by atoms with Crippen molar-refractivity contribution in [2.24, 2.45) is 10.4 Å². The number of aliphatic imine (C=N–C) groups is 1. The third kappa shape index (κ3) is 5.06. The lowest BCUT2D eigenvalue weighted by Crippen LogP contribution is -2.43. The molecule has 8 heteroatoms. The van der Waals surface area contributed by atoms with E-state index in [1.165, 1.54) is 0 Å². The lowest BCUT2D eigenvalue weighted by atomic mass is 9.79. The Morgan fingerprint density at radius 2 is 1.87 bits per heavy atom. The normalized spacial score (nSPS) is 17.7. The SMILES string of the molecule is C/N=C/c1ccccc1CN(CC(=O)Nc1ccc2c(c1)CC1(C2)C(=O)Nc2ncccc21)C(=O)C(C)(C)C. The summed E-state index contributed by atoms with van der Waals surface area (Å²) in [4.78, 5) is 49.6. The monoisotopic (exact) mass is 523 g/mol. The Kier molecular flexibility index (Phi) is 6.80. The van der Waals surface area contributed by atoms with Crippen LogP contribution in [0.3, 0.4) is 0 Å². The van der Waals surface area contributed by atoms with E-state index in [0.717, 1.165) is 27.8 Å². The summed E-state index contributed by atoms with van der Waals surface area (Å²) in [7, 11) is 1.70. The van der Waals surface area contributed by atoms with Crippen LogP contribution in [0.1, 0.15) is 48.6 Å². The van der Waals surface area contributed by atoms with Gasteiger partial charge in [0.05, 0.1) is 5.41 Å². The molecule has 1 aliphatic heterocycles. The first-order chi connectivity index (χ1) is 18.6. The molecule has 1 aliphatic carbocycles. The Bertz CT molecular complexity index is 1490. The van der Waals surface area contributed by atoms with Gasteiger partial charge in [-0.05, 0) is 53.3 Å². The van der Waals surface area contributed by atoms with Crippen molar-refractivity contribution >= 4 is 35.4 Å². The van der Waals surface area contributed by atoms with Gasteiger partial charge >= 0.3 is 0 Å². The minimum atomic E-state index is -0.667. The van der Waals surface area contributed by atoms with Crippen molar-refractivity contribution in [2.75, 3.05) is 24.2 Å². The minimum Gasteiger partial charge on any atom is -0.329 e. The number of carbonyl (C=O) groups is 3. The summed E-state index contributed by atoms with van der Waals surface area (Å²) in [6, 6.07) is 17.3. The van der Waals surface area contributed by atoms with E-state index >= 15 is 0 Å². The van der Waals surface area contributed by atoms with E-state index < -0.39 is 10.8 Å². The molecule has 1 atom stereocenters. The molecule has 0 saturated heterocycles. The Morgan fingerprint density at radius 3 is 2.64 bits per heavy atom. The van der Waals surface area contributed by atoms with Crippen LogP contribution in [0.5, 0.6) is 0 Å². The summed E-state index contributed by atoms with van der Waals surface area (Å²) in [6.45, 7) is 5.76. The summed E-state index contributed by atoms with van der Waals surface area (Å²) in [5, 5.41) is 5.89. The maximum atomic E-state index is 13.3. The van der Waals surface area contributed by atoms with Gasteiger partial charge in [0.25, 0.3) is 0 Å². The molecule has 2 aromatic carbocycles. The number of pyridine rings is 1. The molecule has 2 heterocycles. The van der Waals surface area contributed by atoms with Gasteiger partial charge in [-0.3, -0.25) is 19.4 Å². The third-order valence-electron chi connectivity index (χ3n) is 7.41. The van der Waals surface area contributed by atoms with E-state index in [1.807, 2.05) is 75.4 Å². The third-order valence-corrected chi connectivity index (χ3v) is 7.41. The lowest BCUT2D eigenvalue weighted by Gasteiger charge is -2.29. The highest BCUT2D eigenvalue weighted by Crippen LogP contribution is 2.46. The van der Waals surface area contributed by atoms with Crippen molar-refractivity contribution in [1.29, 1.82) is 0 Å². The van der Waals surface area contributed by atoms with Crippen LogP contribution in [-0.2, 0) is 39.2 Å². The van der Waals surface area contributed by atoms with Gasteiger partial charge in [0.15, 0.2) is 0 Å². The lowest BCUT2D eigenvalue weighted by molar-refractivity contribution is -0.142. The standard InChI is InChI=1S/C31H33N5O3/c1-30(2,3)29(39)36(18-22-9-6-5-8-21(22)17-32-4)19-26(37)34-24-12-11-20-15-31(16-23(20)14-24)25-10-7-13-33-27(25)35-28(31)38/h5-14,17H,15-16,18-19H2,1-4H3,(H,34,37)(H,33,35,38)/b32-17+. The van der Waals surface area contributed by atoms with E-state index in [-0.39, 0.29) is 24.3 Å². The molecule has 0 saturated carbocycles. The van der Waals surface area contributed by atoms with Gasteiger partial charge in [0.1, 0.15) is 12.4 Å². The second-order valence-corrected chi connectivity index (χ2v) is 11.3. The van der Waals surface area contributed by atoms with Crippen LogP contribution in [0.4, 0.5) is 11.5 Å². The molecular weight excluding hydrogens is 490 g/mol. The Labute approximate surface area is 228 Å². The highest BCUT2D eigenvalue weighted by molar-refractivity contribution is 6.06. The van der Waals surface area contributed by atoms with Crippen LogP contribution in [-0.4, -0.2) is 47.4 Å². The molecule has 8 nitrogen and oxygen atoms in total. The molecule has 2 aliphatic rings. The first kappa shape index (κ1) is 26.3. The zero-order valence-corrected chi connectivity index (χ0v) is 22.7. The molecule has 39 heavy (non-hydrogen) atoms. The number of rotatable bonds is 6. The Balaban J connectivity index is 1.33. The average Bonchev–Trinajstić information content (AvgIpc) is 3.41. The number of amides is 3. The summed E-state index contributed by atoms with van der Waals surface area (Å²) in [5.74, 6) is 0.188. The molecule has 0 fully saturated rings. The van der Waals surface area contributed by atoms with Crippen LogP contribution < -0.4 is 10.6 Å². The maximum absolute atomic E-state index is 13.3. The second kappa shape index (κ2) is 10.1. The fourth-order valence-electron chi connectivity index (χ4n) is 5.54. The molecule has 5 rings (SSSR count). The van der Waals surface area contributed by atoms with Crippen LogP contribution >= 0.6 is 0 Å². The van der Waals surface area contributed by atoms with Crippen molar-refractivity contribution in [3.8, 4) is 0 Å². The van der Waals surface area contributed by atoms with E-state index in [9.17, 15) is 14.4 Å². The largest absolute Gasteiger partial charge is 0.329 e. The first-order valence-electron chi connectivity index (χ1n) is 13.1. The van der Waals surface area contributed by atoms with Crippen LogP contribution in [0.2, 0.25) is 0 Å². The fraction of sp³-hybridized carbons (Fsp3) is 0.323. The van der Waals surface area contributed by atoms with Gasteiger partial charge in [-0.25, -0.2) is 4.98 Å². The number of aromatic nitrogens is 1. The zero-order valence-electron chi connectivity index (χ0n) is 22.7. The predicted octanol–water partition coefficient (Wildman–Crippen LogP) is 4.13. The van der Waals surface area contributed by atoms with Gasteiger partial charge in [0, 0.05) is 42.7 Å². The topological polar surface area (TPSA) is 104 Å². The summed E-state index contributed by atoms with van der Waals surface area (Å²) in [6.07, 6.45) is 4.57. The number of carbonyl (C=O) groups excluding carboxylic acids is 3. The molecule has 1 aromatic heterocycles. The molecular formula is C31H33N5O3. The van der Waals surface area contributed by atoms with Crippen LogP contribution in [0.15, 0.2) is 65.8 Å². The number of benzene rings is 2. The number of nitrogens with zero attached hydrogens (tertiary/aromatic N) is 3. The van der Waals surface area contributed by atoms with E-state index in [4.69, 9.17) is 0 Å². The van der Waals surface area contributed by atoms with Gasteiger partial charge < -0.3 is 15.5 Å². The average molecular weight is 524 g/mol. The quantitative estimate of drug-likeness (QED) is 0.474. The van der Waals surface area contributed by atoms with E-state index in [1.54, 1.807) is 24.4 Å². The fourth-order valence-corrected chi connectivity index (χ4v) is 5.54. The molecule has 200 valence electrons. The number of fused-ring (bicyclic) bond motifs is 3. The van der Waals surface area contributed by atoms with Crippen molar-refractivity contribution in [1.82, 2.24) is 9.88 Å². The van der Waals surface area contributed by atoms with E-state index in [0.29, 0.717) is 30.9 Å². The molecule has 0 bridgehead atoms. The molecule has 2 N–H and O–H groups in total. The molecule has 3 aromatic rings. The van der Waals surface area contributed by atoms with Crippen molar-refractivity contribution < 1.29 is 14.4 Å². The zero-order chi connectivity index (χ0) is 27.8. The van der Waals surface area contributed by atoms with Gasteiger partial charge in [-0.1, -0.05) is 57.2 Å². The minimum absolute atomic E-state index is 0.0391. The van der Waals surface area contributed by atoms with Gasteiger partial charge in [0.2, 0.25) is 17.7 Å². The highest BCUT2D eigenvalue weighted by Gasteiger charge is 2.51. The molecule has 3 amide bonds. The first-order valence-corrected chi connectivity index (χ1v) is 13.1. The van der Waals surface area contributed by atoms with Crippen molar-refractivity contribution in [2.45, 2.75) is 45.6 Å². The molecule has 1 spiro atoms. The Morgan fingerprint density at radius 1 is 1.10 bits per heavy atom. The van der Waals surface area contributed by atoms with Crippen molar-refractivity contribution in [3.05, 3.63) is 88.6 Å². The highest BCUT2D eigenvalue weighted by atomic mass is 16.2. The van der Waals surface area contributed by atoms with Crippen molar-refractivity contribution in [3.63, 3.8) is 0 Å². The smallest absolute Gasteiger partial charge is 0.244 e. The van der Waals surface area contributed by atoms with E-state index in [2.05, 4.69) is 20.6 Å². The van der Waals surface area contributed by atoms with Crippen LogP contribution in [0.25, 0.3) is 0 Å². The van der Waals surface area contributed by atoms with Gasteiger partial charge in [-0.15, -0.1) is 0 Å². The maximum Gasteiger partial charge on any atom is 0.244 e. The number of hydrogen-bond donors (Lipinski definition) is 2. The summed E-state index contributed by atoms with van der Waals surface area (Å²) < 4.78 is 0. The predicted molar refractivity (Wildman–Crippen MR) is 152 cm³/mol. The van der Waals surface area contributed by atoms with Crippen LogP contribution in [0, 0.1) is 5.41 Å².